The molecule has 21 heavy (non-hydrogen) atoms. The lowest BCUT2D eigenvalue weighted by molar-refractivity contribution is -0.123. The van der Waals surface area contributed by atoms with Crippen molar-refractivity contribution in [3.8, 4) is 0 Å². The Hall–Kier alpha value is -1.40. The first-order chi connectivity index (χ1) is 10.1. The van der Waals surface area contributed by atoms with Gasteiger partial charge in [-0.3, -0.25) is 9.59 Å². The molecular weight excluding hydrogens is 288 g/mol. The molecule has 1 heterocycles. The minimum atomic E-state index is -0.477. The Balaban J connectivity index is 1.84. The first-order valence-corrected chi connectivity index (χ1v) is 8.22. The van der Waals surface area contributed by atoms with Crippen LogP contribution in [0.1, 0.15) is 41.8 Å². The van der Waals surface area contributed by atoms with Gasteiger partial charge in [-0.15, -0.1) is 11.3 Å². The van der Waals surface area contributed by atoms with Crippen molar-refractivity contribution in [2.75, 3.05) is 13.6 Å². The number of carbonyl (C=O) groups is 2. The van der Waals surface area contributed by atoms with Gasteiger partial charge < -0.3 is 15.3 Å². The van der Waals surface area contributed by atoms with Crippen molar-refractivity contribution in [2.45, 2.75) is 44.2 Å². The summed E-state index contributed by atoms with van der Waals surface area (Å²) in [5, 5.41) is 14.7. The van der Waals surface area contributed by atoms with Gasteiger partial charge in [0, 0.05) is 7.05 Å². The van der Waals surface area contributed by atoms with Gasteiger partial charge in [0.05, 0.1) is 23.6 Å². The highest BCUT2D eigenvalue weighted by atomic mass is 32.1. The zero-order valence-electron chi connectivity index (χ0n) is 12.2. The third-order valence-electron chi connectivity index (χ3n) is 3.79. The first kappa shape index (κ1) is 16.0. The van der Waals surface area contributed by atoms with E-state index in [4.69, 9.17) is 0 Å². The van der Waals surface area contributed by atoms with Crippen molar-refractivity contribution in [2.24, 2.45) is 0 Å². The molecule has 0 bridgehead atoms. The van der Waals surface area contributed by atoms with E-state index < -0.39 is 6.10 Å². The van der Waals surface area contributed by atoms with E-state index in [9.17, 15) is 14.7 Å². The van der Waals surface area contributed by atoms with Crippen LogP contribution in [0.4, 0.5) is 0 Å². The average Bonchev–Trinajstić information content (AvgIpc) is 2.91. The number of nitrogens with one attached hydrogen (secondary N) is 1. The second-order valence-electron chi connectivity index (χ2n) is 5.52. The summed E-state index contributed by atoms with van der Waals surface area (Å²) < 4.78 is 0. The second kappa shape index (κ2) is 7.56. The van der Waals surface area contributed by atoms with E-state index in [1.807, 2.05) is 11.4 Å². The average molecular weight is 310 g/mol. The Labute approximate surface area is 129 Å². The third-order valence-corrected chi connectivity index (χ3v) is 4.64. The van der Waals surface area contributed by atoms with Gasteiger partial charge in [0.25, 0.3) is 5.91 Å². The van der Waals surface area contributed by atoms with E-state index in [0.29, 0.717) is 4.88 Å². The van der Waals surface area contributed by atoms with Crippen LogP contribution in [0.2, 0.25) is 0 Å². The minimum Gasteiger partial charge on any atom is -0.391 e. The molecule has 2 rings (SSSR count). The lowest BCUT2D eigenvalue weighted by Gasteiger charge is -2.23. The van der Waals surface area contributed by atoms with Crippen LogP contribution in [-0.4, -0.2) is 47.6 Å². The fraction of sp³-hybridized carbons (Fsp3) is 0.600. The number of carbonyl (C=O) groups excluding carboxylic acids is 2. The molecule has 1 saturated carbocycles. The summed E-state index contributed by atoms with van der Waals surface area (Å²) in [6, 6.07) is 3.37. The number of hydrogen-bond donors (Lipinski definition) is 2. The Morgan fingerprint density at radius 1 is 1.38 bits per heavy atom. The molecule has 0 spiro atoms. The molecule has 1 aromatic heterocycles. The van der Waals surface area contributed by atoms with Gasteiger partial charge in [0.1, 0.15) is 0 Å². The molecule has 1 aliphatic rings. The molecule has 2 N–H and O–H groups in total. The van der Waals surface area contributed by atoms with Crippen molar-refractivity contribution in [1.82, 2.24) is 10.2 Å². The number of amides is 2. The molecule has 0 aliphatic heterocycles. The van der Waals surface area contributed by atoms with E-state index in [1.54, 1.807) is 13.1 Å². The maximum absolute atomic E-state index is 12.1. The lowest BCUT2D eigenvalue weighted by atomic mass is 10.1. The number of aliphatic hydroxyl groups is 1. The number of hydrogen-bond acceptors (Lipinski definition) is 4. The van der Waals surface area contributed by atoms with Crippen LogP contribution in [-0.2, 0) is 4.79 Å². The summed E-state index contributed by atoms with van der Waals surface area (Å²) in [6.07, 6.45) is 4.18. The minimum absolute atomic E-state index is 0.0138. The van der Waals surface area contributed by atoms with Crippen LogP contribution in [0.5, 0.6) is 0 Å². The molecule has 2 unspecified atom stereocenters. The zero-order valence-corrected chi connectivity index (χ0v) is 13.1. The quantitative estimate of drug-likeness (QED) is 0.831. The molecule has 116 valence electrons. The summed E-state index contributed by atoms with van der Waals surface area (Å²) in [5.74, 6) is -0.366. The predicted molar refractivity (Wildman–Crippen MR) is 82.3 cm³/mol. The summed E-state index contributed by atoms with van der Waals surface area (Å²) in [5.41, 5.74) is 0. The van der Waals surface area contributed by atoms with Crippen molar-refractivity contribution in [3.63, 3.8) is 0 Å². The van der Waals surface area contributed by atoms with Crippen LogP contribution in [0.3, 0.4) is 0 Å². The van der Waals surface area contributed by atoms with Crippen LogP contribution < -0.4 is 5.32 Å². The SMILES string of the molecule is CN(CC(=O)NC1CCCCCC1O)C(=O)c1cccs1. The highest BCUT2D eigenvalue weighted by Gasteiger charge is 2.24. The van der Waals surface area contributed by atoms with Crippen LogP contribution >= 0.6 is 11.3 Å². The maximum atomic E-state index is 12.1. The van der Waals surface area contributed by atoms with Gasteiger partial charge in [-0.1, -0.05) is 25.3 Å². The number of nitrogens with zero attached hydrogens (tertiary/aromatic N) is 1. The summed E-state index contributed by atoms with van der Waals surface area (Å²) >= 11 is 1.36. The third kappa shape index (κ3) is 4.54. The summed E-state index contributed by atoms with van der Waals surface area (Å²) in [4.78, 5) is 26.1. The van der Waals surface area contributed by atoms with Gasteiger partial charge in [-0.05, 0) is 24.3 Å². The number of aliphatic hydroxyl groups excluding tert-OH is 1. The van der Waals surface area contributed by atoms with Gasteiger partial charge in [0.15, 0.2) is 0 Å². The molecule has 5 nitrogen and oxygen atoms in total. The first-order valence-electron chi connectivity index (χ1n) is 7.34. The van der Waals surface area contributed by atoms with Crippen LogP contribution in [0.15, 0.2) is 17.5 Å². The molecule has 0 saturated heterocycles. The fourth-order valence-corrected chi connectivity index (χ4v) is 3.30. The maximum Gasteiger partial charge on any atom is 0.264 e. The predicted octanol–water partition coefficient (Wildman–Crippen LogP) is 1.63. The summed E-state index contributed by atoms with van der Waals surface area (Å²) in [6.45, 7) is 0.0138. The number of likely N-dealkylation sites (N-methyl/N-ethyl adjacent to an activating group) is 1. The molecule has 1 aliphatic carbocycles. The Bertz CT molecular complexity index is 475. The van der Waals surface area contributed by atoms with Crippen molar-refractivity contribution >= 4 is 23.2 Å². The smallest absolute Gasteiger partial charge is 0.264 e. The Kier molecular flexibility index (Phi) is 5.76. The van der Waals surface area contributed by atoms with Crippen molar-refractivity contribution in [1.29, 1.82) is 0 Å². The standard InChI is InChI=1S/C15H22N2O3S/c1-17(15(20)13-8-5-9-21-13)10-14(19)16-11-6-3-2-4-7-12(11)18/h5,8-9,11-12,18H,2-4,6-7,10H2,1H3,(H,16,19). The number of thiophene rings is 1. The van der Waals surface area contributed by atoms with E-state index >= 15 is 0 Å². The highest BCUT2D eigenvalue weighted by molar-refractivity contribution is 7.12. The van der Waals surface area contributed by atoms with Gasteiger partial charge in [-0.25, -0.2) is 0 Å². The van der Waals surface area contributed by atoms with E-state index in [1.165, 1.54) is 16.2 Å². The second-order valence-corrected chi connectivity index (χ2v) is 6.47. The van der Waals surface area contributed by atoms with Gasteiger partial charge >= 0.3 is 0 Å². The largest absolute Gasteiger partial charge is 0.391 e. The van der Waals surface area contributed by atoms with E-state index in [2.05, 4.69) is 5.32 Å². The van der Waals surface area contributed by atoms with Crippen molar-refractivity contribution < 1.29 is 14.7 Å². The lowest BCUT2D eigenvalue weighted by Crippen LogP contribution is -2.47. The topological polar surface area (TPSA) is 69.6 Å². The molecule has 2 atom stereocenters. The normalized spacial score (nSPS) is 22.4. The Morgan fingerprint density at radius 2 is 2.14 bits per heavy atom. The molecule has 0 radical (unpaired) electrons. The fourth-order valence-electron chi connectivity index (χ4n) is 2.58. The van der Waals surface area contributed by atoms with Crippen LogP contribution in [0.25, 0.3) is 0 Å². The molecule has 2 amide bonds. The van der Waals surface area contributed by atoms with Gasteiger partial charge in [0.2, 0.25) is 5.91 Å². The molecular formula is C15H22N2O3S. The monoisotopic (exact) mass is 310 g/mol. The van der Waals surface area contributed by atoms with E-state index in [0.717, 1.165) is 32.1 Å². The molecule has 1 fully saturated rings. The Morgan fingerprint density at radius 3 is 2.86 bits per heavy atom. The zero-order chi connectivity index (χ0) is 15.2. The van der Waals surface area contributed by atoms with E-state index in [-0.39, 0.29) is 24.4 Å². The van der Waals surface area contributed by atoms with Gasteiger partial charge in [-0.2, -0.15) is 0 Å². The molecule has 0 aromatic carbocycles. The molecule has 1 aromatic rings. The number of rotatable bonds is 4. The molecule has 6 heteroatoms. The highest BCUT2D eigenvalue weighted by Crippen LogP contribution is 2.18. The van der Waals surface area contributed by atoms with Crippen molar-refractivity contribution in [3.05, 3.63) is 22.4 Å². The summed E-state index contributed by atoms with van der Waals surface area (Å²) in [7, 11) is 1.62. The van der Waals surface area contributed by atoms with Crippen LogP contribution in [0, 0.1) is 0 Å².